The van der Waals surface area contributed by atoms with Crippen LogP contribution in [0.2, 0.25) is 0 Å². The Morgan fingerprint density at radius 3 is 2.65 bits per heavy atom. The molecule has 4 heterocycles. The van der Waals surface area contributed by atoms with Gasteiger partial charge < -0.3 is 24.4 Å². The Kier molecular flexibility index (Phi) is 9.56. The maximum atomic E-state index is 16.2. The van der Waals surface area contributed by atoms with E-state index in [9.17, 15) is 14.3 Å². The fourth-order valence-corrected chi connectivity index (χ4v) is 6.89. The van der Waals surface area contributed by atoms with Crippen LogP contribution in [0.4, 0.5) is 8.78 Å². The molecule has 5 aromatic rings. The van der Waals surface area contributed by atoms with Crippen molar-refractivity contribution in [2.24, 2.45) is 0 Å². The van der Waals surface area contributed by atoms with Crippen molar-refractivity contribution in [2.75, 3.05) is 40.4 Å². The number of rotatable bonds is 11. The molecular formula is C37H39F2N5O4S. The number of hydrogen-bond acceptors (Lipinski definition) is 8. The molecule has 1 N–H and O–H groups in total. The van der Waals surface area contributed by atoms with Crippen LogP contribution in [0, 0.1) is 11.6 Å². The maximum Gasteiger partial charge on any atom is 0.246 e. The molecular weight excluding hydrogens is 649 g/mol. The highest BCUT2D eigenvalue weighted by molar-refractivity contribution is 7.18. The number of halogens is 2. The number of fused-ring (bicyclic) bond motifs is 2. The summed E-state index contributed by atoms with van der Waals surface area (Å²) in [6.07, 6.45) is 1.30. The Bertz CT molecular complexity index is 2030. The first kappa shape index (κ1) is 34.2. The number of ether oxygens (including phenoxy) is 2. The summed E-state index contributed by atoms with van der Waals surface area (Å²) in [7, 11) is 3.96. The zero-order valence-corrected chi connectivity index (χ0v) is 29.0. The second-order valence-corrected chi connectivity index (χ2v) is 13.9. The summed E-state index contributed by atoms with van der Waals surface area (Å²) in [5.74, 6) is -1.23. The van der Waals surface area contributed by atoms with Crippen molar-refractivity contribution < 1.29 is 28.2 Å². The van der Waals surface area contributed by atoms with Crippen LogP contribution >= 0.6 is 11.3 Å². The van der Waals surface area contributed by atoms with Gasteiger partial charge in [0.1, 0.15) is 47.7 Å². The maximum absolute atomic E-state index is 16.2. The third-order valence-corrected chi connectivity index (χ3v) is 9.26. The Balaban J connectivity index is 1.59. The average molecular weight is 688 g/mol. The molecule has 3 aromatic heterocycles. The van der Waals surface area contributed by atoms with Crippen LogP contribution in [-0.4, -0.2) is 81.6 Å². The van der Waals surface area contributed by atoms with Gasteiger partial charge in [-0.3, -0.25) is 9.48 Å². The summed E-state index contributed by atoms with van der Waals surface area (Å²) >= 11 is 1.39. The smallest absolute Gasteiger partial charge is 0.246 e. The lowest BCUT2D eigenvalue weighted by Gasteiger charge is -2.33. The number of benzene rings is 2. The van der Waals surface area contributed by atoms with Crippen LogP contribution in [0.1, 0.15) is 32.5 Å². The van der Waals surface area contributed by atoms with Gasteiger partial charge in [-0.15, -0.1) is 11.3 Å². The van der Waals surface area contributed by atoms with Crippen molar-refractivity contribution in [3.05, 3.63) is 83.9 Å². The number of thiophene rings is 1. The van der Waals surface area contributed by atoms with E-state index in [-0.39, 0.29) is 29.9 Å². The quantitative estimate of drug-likeness (QED) is 0.150. The van der Waals surface area contributed by atoms with E-state index in [1.54, 1.807) is 18.7 Å². The van der Waals surface area contributed by atoms with Gasteiger partial charge in [0, 0.05) is 46.4 Å². The summed E-state index contributed by atoms with van der Waals surface area (Å²) in [5, 5.41) is 18.0. The Morgan fingerprint density at radius 1 is 1.12 bits per heavy atom. The van der Waals surface area contributed by atoms with Crippen molar-refractivity contribution in [3.8, 4) is 45.3 Å². The zero-order valence-electron chi connectivity index (χ0n) is 28.2. The summed E-state index contributed by atoms with van der Waals surface area (Å²) in [4.78, 5) is 21.6. The number of aromatic nitrogens is 3. The molecule has 1 aliphatic heterocycles. The van der Waals surface area contributed by atoms with Gasteiger partial charge in [-0.1, -0.05) is 18.7 Å². The largest absolute Gasteiger partial charge is 0.492 e. The van der Waals surface area contributed by atoms with Crippen molar-refractivity contribution in [3.63, 3.8) is 0 Å². The lowest BCUT2D eigenvalue weighted by atomic mass is 9.96. The zero-order chi connectivity index (χ0) is 35.0. The van der Waals surface area contributed by atoms with Gasteiger partial charge in [0.2, 0.25) is 5.91 Å². The van der Waals surface area contributed by atoms with Crippen LogP contribution in [0.25, 0.3) is 43.9 Å². The van der Waals surface area contributed by atoms with Crippen LogP contribution in [0.15, 0.2) is 66.6 Å². The molecule has 0 saturated heterocycles. The van der Waals surface area contributed by atoms with E-state index in [0.29, 0.717) is 52.8 Å². The first-order valence-electron chi connectivity index (χ1n) is 16.0. The molecule has 0 aliphatic carbocycles. The van der Waals surface area contributed by atoms with E-state index in [1.165, 1.54) is 17.4 Å². The minimum Gasteiger partial charge on any atom is -0.492 e. The Morgan fingerprint density at radius 2 is 1.92 bits per heavy atom. The van der Waals surface area contributed by atoms with Gasteiger partial charge in [-0.05, 0) is 70.6 Å². The topological polar surface area (TPSA) is 93.0 Å². The first-order chi connectivity index (χ1) is 23.3. The first-order valence-corrected chi connectivity index (χ1v) is 16.9. The number of nitrogens with zero attached hydrogens (tertiary/aromatic N) is 5. The molecule has 2 aromatic carbocycles. The molecule has 9 nitrogen and oxygen atoms in total. The van der Waals surface area contributed by atoms with Crippen molar-refractivity contribution >= 4 is 27.3 Å². The monoisotopic (exact) mass is 687 g/mol. The third-order valence-electron chi connectivity index (χ3n) is 8.33. The van der Waals surface area contributed by atoms with Gasteiger partial charge in [-0.25, -0.2) is 13.8 Å². The lowest BCUT2D eigenvalue weighted by molar-refractivity contribution is -0.129. The number of pyridine rings is 1. The highest BCUT2D eigenvalue weighted by Crippen LogP contribution is 2.47. The Labute approximate surface area is 288 Å². The summed E-state index contributed by atoms with van der Waals surface area (Å²) in [5.41, 5.74) is 2.15. The molecule has 1 atom stereocenters. The van der Waals surface area contributed by atoms with Crippen LogP contribution in [-0.2, 0) is 11.3 Å². The predicted molar refractivity (Wildman–Crippen MR) is 188 cm³/mol. The number of likely N-dealkylation sites (N-methyl/N-ethyl adjacent to an activating group) is 1. The van der Waals surface area contributed by atoms with Crippen LogP contribution in [0.5, 0.6) is 11.5 Å². The standard InChI is InChI=1S/C37H39F2N5O4S/c1-7-31(45)43-12-13-44-29(22(43)2)20-28(41-44)35-33(32-27(39)18-24(38)19-30(32)48-21-37(3,4)46)36-26(11-16-49-36)34(40-35)23-9-8-10-25(17-23)47-15-14-42(5)6/h7-11,16-20,22,46H,1,12-15,21H2,2-6H3/t22-/m1/s1. The number of aliphatic hydroxyl groups is 1. The second kappa shape index (κ2) is 13.7. The minimum absolute atomic E-state index is 0.00963. The molecule has 256 valence electrons. The molecule has 0 radical (unpaired) electrons. The van der Waals surface area contributed by atoms with Crippen LogP contribution < -0.4 is 9.47 Å². The fourth-order valence-electron chi connectivity index (χ4n) is 5.94. The van der Waals surface area contributed by atoms with Gasteiger partial charge in [0.05, 0.1) is 35.1 Å². The third kappa shape index (κ3) is 7.08. The van der Waals surface area contributed by atoms with Crippen molar-refractivity contribution in [1.29, 1.82) is 0 Å². The summed E-state index contributed by atoms with van der Waals surface area (Å²) < 4.78 is 45.4. The number of carbonyl (C=O) groups excluding carboxylic acids is 1. The highest BCUT2D eigenvalue weighted by atomic mass is 32.1. The molecule has 0 spiro atoms. The molecule has 0 fully saturated rings. The lowest BCUT2D eigenvalue weighted by Crippen LogP contribution is -2.40. The van der Waals surface area contributed by atoms with Crippen molar-refractivity contribution in [1.82, 2.24) is 24.6 Å². The number of amides is 1. The van der Waals surface area contributed by atoms with Gasteiger partial charge >= 0.3 is 0 Å². The number of carbonyl (C=O) groups is 1. The molecule has 1 aliphatic rings. The average Bonchev–Trinajstić information content (AvgIpc) is 3.71. The molecule has 0 bridgehead atoms. The summed E-state index contributed by atoms with van der Waals surface area (Å²) in [6.45, 7) is 10.6. The molecule has 1 amide bonds. The highest BCUT2D eigenvalue weighted by Gasteiger charge is 2.31. The van der Waals surface area contributed by atoms with E-state index >= 15 is 4.39 Å². The minimum atomic E-state index is -1.27. The van der Waals surface area contributed by atoms with E-state index in [0.717, 1.165) is 35.3 Å². The van der Waals surface area contributed by atoms with E-state index in [4.69, 9.17) is 19.6 Å². The van der Waals surface area contributed by atoms with Gasteiger partial charge in [0.15, 0.2) is 0 Å². The van der Waals surface area contributed by atoms with Crippen LogP contribution in [0.3, 0.4) is 0 Å². The predicted octanol–water partition coefficient (Wildman–Crippen LogP) is 6.95. The second-order valence-electron chi connectivity index (χ2n) is 13.0. The van der Waals surface area contributed by atoms with Crippen molar-refractivity contribution in [2.45, 2.75) is 39.0 Å². The molecule has 49 heavy (non-hydrogen) atoms. The van der Waals surface area contributed by atoms with E-state index < -0.39 is 17.2 Å². The normalized spacial score (nSPS) is 14.7. The molecule has 6 rings (SSSR count). The van der Waals surface area contributed by atoms with Gasteiger partial charge in [0.25, 0.3) is 0 Å². The molecule has 0 saturated carbocycles. The van der Waals surface area contributed by atoms with E-state index in [2.05, 4.69) is 6.58 Å². The SMILES string of the molecule is C=CC(=O)N1CCn2nc(-c3nc(-c4cccc(OCCN(C)C)c4)c4ccsc4c3-c3c(F)cc(F)cc3OCC(C)(C)O)cc2[C@H]1C. The fraction of sp³-hybridized carbons (Fsp3) is 0.324. The van der Waals surface area contributed by atoms with Gasteiger partial charge in [-0.2, -0.15) is 5.10 Å². The molecule has 12 heteroatoms. The Hall–Kier alpha value is -4.65. The van der Waals surface area contributed by atoms with E-state index in [1.807, 2.05) is 72.4 Å². The number of hydrogen-bond donors (Lipinski definition) is 1. The summed E-state index contributed by atoms with van der Waals surface area (Å²) in [6, 6.07) is 13.1. The molecule has 0 unspecified atom stereocenters.